The molecule has 3 rings (SSSR count). The Hall–Kier alpha value is -2.82. The molecule has 0 unspecified atom stereocenters. The van der Waals surface area contributed by atoms with Gasteiger partial charge in [0.2, 0.25) is 0 Å². The van der Waals surface area contributed by atoms with E-state index in [9.17, 15) is 15.2 Å². The van der Waals surface area contributed by atoms with E-state index in [0.29, 0.717) is 5.56 Å². The number of carboxylic acids is 1. The lowest BCUT2D eigenvalue weighted by atomic mass is 10.2. The molecule has 0 saturated carbocycles. The van der Waals surface area contributed by atoms with Gasteiger partial charge in [-0.25, -0.2) is 4.79 Å². The Morgan fingerprint density at radius 1 is 1.42 bits per heavy atom. The molecule has 2 aromatic heterocycles. The van der Waals surface area contributed by atoms with Gasteiger partial charge in [-0.15, -0.1) is 11.3 Å². The van der Waals surface area contributed by atoms with E-state index in [0.717, 1.165) is 20.8 Å². The van der Waals surface area contributed by atoms with Crippen molar-refractivity contribution in [3.63, 3.8) is 0 Å². The fourth-order valence-electron chi connectivity index (χ4n) is 2.50. The number of rotatable bonds is 5. The smallest absolute Gasteiger partial charge is 0.339 e. The van der Waals surface area contributed by atoms with Gasteiger partial charge in [0, 0.05) is 29.9 Å². The van der Waals surface area contributed by atoms with E-state index in [4.69, 9.17) is 9.47 Å². The number of hydrogen-bond donors (Lipinski definition) is 1. The first-order valence-electron chi connectivity index (χ1n) is 7.06. The van der Waals surface area contributed by atoms with Gasteiger partial charge in [0.1, 0.15) is 17.4 Å². The Kier molecular flexibility index (Phi) is 4.25. The summed E-state index contributed by atoms with van der Waals surface area (Å²) in [7, 11) is 1.47. The van der Waals surface area contributed by atoms with Gasteiger partial charge in [-0.2, -0.15) is 5.26 Å². The van der Waals surface area contributed by atoms with Gasteiger partial charge in [-0.1, -0.05) is 0 Å². The maximum absolute atomic E-state index is 11.3. The minimum Gasteiger partial charge on any atom is -0.478 e. The number of aromatic carboxylic acids is 1. The first-order valence-corrected chi connectivity index (χ1v) is 7.88. The molecule has 0 saturated heterocycles. The predicted octanol–water partition coefficient (Wildman–Crippen LogP) is 3.55. The molecule has 3 aromatic rings. The first-order chi connectivity index (χ1) is 11.5. The zero-order valence-corrected chi connectivity index (χ0v) is 13.9. The number of carbonyl (C=O) groups is 1. The fraction of sp³-hybridized carbons (Fsp3) is 0.176. The van der Waals surface area contributed by atoms with E-state index in [2.05, 4.69) is 6.07 Å². The van der Waals surface area contributed by atoms with E-state index >= 15 is 0 Å². The second kappa shape index (κ2) is 6.35. The maximum atomic E-state index is 11.3. The van der Waals surface area contributed by atoms with Crippen LogP contribution in [0.25, 0.3) is 15.9 Å². The summed E-state index contributed by atoms with van der Waals surface area (Å²) in [6, 6.07) is 9.01. The summed E-state index contributed by atoms with van der Waals surface area (Å²) in [4.78, 5) is 12.4. The van der Waals surface area contributed by atoms with Gasteiger partial charge in [-0.3, -0.25) is 0 Å². The van der Waals surface area contributed by atoms with Crippen LogP contribution in [0.3, 0.4) is 0 Å². The molecule has 7 heteroatoms. The van der Waals surface area contributed by atoms with Crippen molar-refractivity contribution in [1.29, 1.82) is 5.26 Å². The van der Waals surface area contributed by atoms with Gasteiger partial charge in [-0.05, 0) is 25.1 Å². The van der Waals surface area contributed by atoms with Crippen molar-refractivity contribution in [2.45, 2.75) is 6.92 Å². The molecule has 0 aliphatic carbocycles. The maximum Gasteiger partial charge on any atom is 0.339 e. The van der Waals surface area contributed by atoms with Crippen LogP contribution in [0.2, 0.25) is 0 Å². The number of aromatic nitrogens is 1. The number of thiophene rings is 1. The predicted molar refractivity (Wildman–Crippen MR) is 90.1 cm³/mol. The van der Waals surface area contributed by atoms with Crippen molar-refractivity contribution in [2.75, 3.05) is 13.9 Å². The van der Waals surface area contributed by atoms with E-state index in [1.165, 1.54) is 13.2 Å². The van der Waals surface area contributed by atoms with Gasteiger partial charge in [0.25, 0.3) is 0 Å². The summed E-state index contributed by atoms with van der Waals surface area (Å²) in [5, 5.41) is 18.6. The lowest BCUT2D eigenvalue weighted by molar-refractivity contribution is 0.0484. The molecule has 122 valence electrons. The van der Waals surface area contributed by atoms with Crippen LogP contribution in [0.5, 0.6) is 5.75 Å². The average molecular weight is 342 g/mol. The topological polar surface area (TPSA) is 84.5 Å². The van der Waals surface area contributed by atoms with E-state index in [1.54, 1.807) is 29.7 Å². The van der Waals surface area contributed by atoms with Gasteiger partial charge >= 0.3 is 5.97 Å². The molecule has 6 nitrogen and oxygen atoms in total. The summed E-state index contributed by atoms with van der Waals surface area (Å²) in [6.07, 6.45) is 1.75. The van der Waals surface area contributed by atoms with Gasteiger partial charge < -0.3 is 19.1 Å². The third kappa shape index (κ3) is 2.73. The summed E-state index contributed by atoms with van der Waals surface area (Å²) in [5.41, 5.74) is 2.27. The Balaban J connectivity index is 2.16. The monoisotopic (exact) mass is 342 g/mol. The molecule has 0 atom stereocenters. The lowest BCUT2D eigenvalue weighted by Crippen LogP contribution is -2.06. The second-order valence-corrected chi connectivity index (χ2v) is 6.39. The minimum absolute atomic E-state index is 0.0498. The number of benzene rings is 1. The molecule has 0 aliphatic heterocycles. The highest BCUT2D eigenvalue weighted by Crippen LogP contribution is 2.33. The van der Waals surface area contributed by atoms with Crippen molar-refractivity contribution in [1.82, 2.24) is 4.57 Å². The van der Waals surface area contributed by atoms with E-state index in [-0.39, 0.29) is 18.1 Å². The first kappa shape index (κ1) is 16.1. The van der Waals surface area contributed by atoms with E-state index < -0.39 is 5.97 Å². The molecule has 0 aliphatic rings. The van der Waals surface area contributed by atoms with Gasteiger partial charge in [0.05, 0.1) is 15.8 Å². The average Bonchev–Trinajstić information content (AvgIpc) is 3.09. The summed E-state index contributed by atoms with van der Waals surface area (Å²) in [5.74, 6) is -0.858. The molecular formula is C17H14N2O4S. The summed E-state index contributed by atoms with van der Waals surface area (Å²) >= 11 is 1.56. The fourth-order valence-corrected chi connectivity index (χ4v) is 3.47. The third-order valence-corrected chi connectivity index (χ3v) is 4.60. The molecule has 0 amide bonds. The molecule has 0 radical (unpaired) electrons. The van der Waals surface area contributed by atoms with E-state index in [1.807, 2.05) is 17.6 Å². The Bertz CT molecular complexity index is 965. The molecular weight excluding hydrogens is 328 g/mol. The number of carboxylic acid groups (broad SMARTS) is 1. The number of nitrogens with zero attached hydrogens (tertiary/aromatic N) is 2. The van der Waals surface area contributed by atoms with Crippen LogP contribution < -0.4 is 4.74 Å². The van der Waals surface area contributed by atoms with Crippen molar-refractivity contribution in [2.24, 2.45) is 0 Å². The highest BCUT2D eigenvalue weighted by atomic mass is 32.1. The minimum atomic E-state index is -1.07. The molecule has 0 fully saturated rings. The number of fused-ring (bicyclic) bond motifs is 1. The highest BCUT2D eigenvalue weighted by Gasteiger charge is 2.16. The second-order valence-electron chi connectivity index (χ2n) is 5.13. The van der Waals surface area contributed by atoms with Crippen LogP contribution in [0.15, 0.2) is 30.5 Å². The molecule has 24 heavy (non-hydrogen) atoms. The zero-order chi connectivity index (χ0) is 17.3. The number of methoxy groups -OCH3 is 1. The van der Waals surface area contributed by atoms with Crippen LogP contribution in [0.1, 0.15) is 20.8 Å². The lowest BCUT2D eigenvalue weighted by Gasteiger charge is -2.11. The van der Waals surface area contributed by atoms with Crippen LogP contribution in [0.4, 0.5) is 0 Å². The molecule has 0 bridgehead atoms. The van der Waals surface area contributed by atoms with Crippen molar-refractivity contribution >= 4 is 27.5 Å². The molecule has 2 heterocycles. The van der Waals surface area contributed by atoms with Crippen molar-refractivity contribution in [3.8, 4) is 17.5 Å². The number of aryl methyl sites for hydroxylation is 1. The van der Waals surface area contributed by atoms with Crippen LogP contribution >= 0.6 is 11.3 Å². The van der Waals surface area contributed by atoms with Crippen LogP contribution in [0, 0.1) is 18.3 Å². The van der Waals surface area contributed by atoms with Crippen LogP contribution in [-0.4, -0.2) is 29.5 Å². The number of nitriles is 1. The molecule has 1 N–H and O–H groups in total. The normalized spacial score (nSPS) is 10.7. The summed E-state index contributed by atoms with van der Waals surface area (Å²) in [6.45, 7) is 1.93. The SMILES string of the molecule is COCOc1cc(-n2cc(C#N)c3sc(C)cc32)ccc1C(=O)O. The van der Waals surface area contributed by atoms with Gasteiger partial charge in [0.15, 0.2) is 6.79 Å². The van der Waals surface area contributed by atoms with Crippen molar-refractivity contribution in [3.05, 3.63) is 46.5 Å². The Morgan fingerprint density at radius 2 is 2.21 bits per heavy atom. The quantitative estimate of drug-likeness (QED) is 0.717. The standard InChI is InChI=1S/C17H14N2O4S/c1-10-5-14-16(24-10)11(7-18)8-19(14)12-3-4-13(17(20)21)15(6-12)23-9-22-2/h3-6,8H,9H2,1-2H3,(H,20,21). The summed E-state index contributed by atoms with van der Waals surface area (Å²) < 4.78 is 13.0. The third-order valence-electron chi connectivity index (χ3n) is 3.52. The van der Waals surface area contributed by atoms with Crippen molar-refractivity contribution < 1.29 is 19.4 Å². The largest absolute Gasteiger partial charge is 0.478 e. The molecule has 0 spiro atoms. The number of ether oxygens (including phenoxy) is 2. The highest BCUT2D eigenvalue weighted by molar-refractivity contribution is 7.19. The number of hydrogen-bond acceptors (Lipinski definition) is 5. The Labute approximate surface area is 142 Å². The zero-order valence-electron chi connectivity index (χ0n) is 13.1. The Morgan fingerprint density at radius 3 is 2.88 bits per heavy atom. The molecule has 1 aromatic carbocycles. The van der Waals surface area contributed by atoms with Crippen LogP contribution in [-0.2, 0) is 4.74 Å².